The minimum Gasteiger partial charge on any atom is -0.379 e. The van der Waals surface area contributed by atoms with E-state index in [0.717, 1.165) is 15.8 Å². The number of nitrogens with one attached hydrogen (secondary N) is 2. The fourth-order valence-electron chi connectivity index (χ4n) is 2.23. The third-order valence-corrected chi connectivity index (χ3v) is 4.68. The molecule has 1 aromatic rings. The Kier molecular flexibility index (Phi) is 5.21. The second-order valence-corrected chi connectivity index (χ2v) is 6.43. The van der Waals surface area contributed by atoms with Gasteiger partial charge in [-0.15, -0.1) is 11.3 Å². The van der Waals surface area contributed by atoms with E-state index in [1.54, 1.807) is 0 Å². The average Bonchev–Trinajstić information content (AvgIpc) is 2.98. The largest absolute Gasteiger partial charge is 0.379 e. The van der Waals surface area contributed by atoms with E-state index in [1.807, 2.05) is 26.0 Å². The molecule has 0 saturated carbocycles. The van der Waals surface area contributed by atoms with Crippen molar-refractivity contribution in [3.63, 3.8) is 0 Å². The van der Waals surface area contributed by atoms with Gasteiger partial charge < -0.3 is 15.4 Å². The Hall–Kier alpha value is -0.620. The van der Waals surface area contributed by atoms with Crippen molar-refractivity contribution in [2.75, 3.05) is 19.8 Å². The summed E-state index contributed by atoms with van der Waals surface area (Å²) in [5.41, 5.74) is 0. The summed E-state index contributed by atoms with van der Waals surface area (Å²) in [6, 6.07) is 3.90. The second-order valence-electron chi connectivity index (χ2n) is 4.68. The zero-order valence-corrected chi connectivity index (χ0v) is 12.7. The molecule has 0 radical (unpaired) electrons. The van der Waals surface area contributed by atoms with E-state index in [2.05, 4.69) is 10.6 Å². The van der Waals surface area contributed by atoms with E-state index >= 15 is 0 Å². The zero-order valence-electron chi connectivity index (χ0n) is 11.1. The lowest BCUT2D eigenvalue weighted by Gasteiger charge is -2.20. The Balaban J connectivity index is 1.93. The number of rotatable bonds is 5. The molecular weight excluding hydrogens is 284 g/mol. The van der Waals surface area contributed by atoms with Crippen LogP contribution >= 0.6 is 22.9 Å². The lowest BCUT2D eigenvalue weighted by molar-refractivity contribution is -0.126. The Morgan fingerprint density at radius 1 is 1.58 bits per heavy atom. The molecule has 2 heterocycles. The maximum Gasteiger partial charge on any atom is 0.227 e. The Morgan fingerprint density at radius 3 is 3.00 bits per heavy atom. The topological polar surface area (TPSA) is 50.4 Å². The number of amides is 1. The molecule has 2 N–H and O–H groups in total. The number of carbonyl (C=O) groups excluding carboxylic acids is 1. The smallest absolute Gasteiger partial charge is 0.227 e. The summed E-state index contributed by atoms with van der Waals surface area (Å²) < 4.78 is 6.13. The highest BCUT2D eigenvalue weighted by atomic mass is 35.5. The summed E-state index contributed by atoms with van der Waals surface area (Å²) in [4.78, 5) is 13.3. The van der Waals surface area contributed by atoms with Gasteiger partial charge in [0.15, 0.2) is 0 Å². The molecule has 1 saturated heterocycles. The fraction of sp³-hybridized carbons (Fsp3) is 0.615. The van der Waals surface area contributed by atoms with Crippen LogP contribution in [0.1, 0.15) is 24.8 Å². The Morgan fingerprint density at radius 2 is 2.37 bits per heavy atom. The summed E-state index contributed by atoms with van der Waals surface area (Å²) in [5, 5.41) is 6.32. The van der Waals surface area contributed by atoms with Gasteiger partial charge in [0.25, 0.3) is 0 Å². The molecule has 0 aliphatic carbocycles. The number of halogens is 1. The molecule has 4 nitrogen and oxygen atoms in total. The molecule has 1 aromatic heterocycles. The monoisotopic (exact) mass is 302 g/mol. The van der Waals surface area contributed by atoms with Crippen LogP contribution < -0.4 is 10.6 Å². The van der Waals surface area contributed by atoms with E-state index in [1.165, 1.54) is 11.3 Å². The quantitative estimate of drug-likeness (QED) is 0.877. The third kappa shape index (κ3) is 3.69. The van der Waals surface area contributed by atoms with Crippen molar-refractivity contribution < 1.29 is 9.53 Å². The standard InChI is InChI=1S/C13H19ClN2O2S/c1-3-15-10-7-18-6-9(10)13(17)16-8(2)11-4-5-12(14)19-11/h4-5,8-10,15H,3,6-7H2,1-2H3,(H,16,17). The van der Waals surface area contributed by atoms with E-state index in [0.29, 0.717) is 13.2 Å². The van der Waals surface area contributed by atoms with Crippen molar-refractivity contribution in [2.45, 2.75) is 25.9 Å². The second kappa shape index (κ2) is 6.70. The summed E-state index contributed by atoms with van der Waals surface area (Å²) in [5.74, 6) is -0.0710. The van der Waals surface area contributed by atoms with Crippen molar-refractivity contribution in [1.82, 2.24) is 10.6 Å². The van der Waals surface area contributed by atoms with Gasteiger partial charge in [-0.25, -0.2) is 0 Å². The molecule has 1 aliphatic rings. The van der Waals surface area contributed by atoms with E-state index < -0.39 is 0 Å². The van der Waals surface area contributed by atoms with Gasteiger partial charge in [0.1, 0.15) is 0 Å². The molecule has 0 aromatic carbocycles. The van der Waals surface area contributed by atoms with Gasteiger partial charge in [0.05, 0.1) is 29.5 Å². The van der Waals surface area contributed by atoms with Crippen molar-refractivity contribution >= 4 is 28.8 Å². The molecule has 1 amide bonds. The normalized spacial score (nSPS) is 24.4. The fourth-order valence-corrected chi connectivity index (χ4v) is 3.29. The highest BCUT2D eigenvalue weighted by molar-refractivity contribution is 7.16. The van der Waals surface area contributed by atoms with Gasteiger partial charge in [0.2, 0.25) is 5.91 Å². The number of hydrogen-bond acceptors (Lipinski definition) is 4. The van der Waals surface area contributed by atoms with Crippen molar-refractivity contribution in [3.8, 4) is 0 Å². The first kappa shape index (κ1) is 14.8. The minimum absolute atomic E-state index is 0.0205. The molecule has 1 aliphatic heterocycles. The number of hydrogen-bond donors (Lipinski definition) is 2. The van der Waals surface area contributed by atoms with Gasteiger partial charge in [0, 0.05) is 10.9 Å². The average molecular weight is 303 g/mol. The molecule has 3 atom stereocenters. The summed E-state index contributed by atoms with van der Waals surface area (Å²) in [7, 11) is 0. The lowest BCUT2D eigenvalue weighted by Crippen LogP contribution is -2.44. The molecule has 1 fully saturated rings. The van der Waals surface area contributed by atoms with Gasteiger partial charge >= 0.3 is 0 Å². The molecule has 0 bridgehead atoms. The maximum atomic E-state index is 12.3. The van der Waals surface area contributed by atoms with Gasteiger partial charge in [-0.05, 0) is 25.6 Å². The van der Waals surface area contributed by atoms with Crippen LogP contribution in [0.5, 0.6) is 0 Å². The molecule has 106 valence electrons. The van der Waals surface area contributed by atoms with Crippen molar-refractivity contribution in [2.24, 2.45) is 5.92 Å². The molecule has 0 spiro atoms. The maximum absolute atomic E-state index is 12.3. The molecule has 6 heteroatoms. The summed E-state index contributed by atoms with van der Waals surface area (Å²) in [6.07, 6.45) is 0. The van der Waals surface area contributed by atoms with E-state index in [9.17, 15) is 4.79 Å². The van der Waals surface area contributed by atoms with E-state index in [4.69, 9.17) is 16.3 Å². The van der Waals surface area contributed by atoms with Crippen LogP contribution in [0.4, 0.5) is 0 Å². The molecule has 19 heavy (non-hydrogen) atoms. The van der Waals surface area contributed by atoms with Crippen LogP contribution in [0.3, 0.4) is 0 Å². The van der Waals surface area contributed by atoms with Crippen LogP contribution in [0.25, 0.3) is 0 Å². The predicted molar refractivity (Wildman–Crippen MR) is 77.7 cm³/mol. The zero-order chi connectivity index (χ0) is 13.8. The van der Waals surface area contributed by atoms with Crippen LogP contribution in [0.15, 0.2) is 12.1 Å². The van der Waals surface area contributed by atoms with Gasteiger partial charge in [-0.3, -0.25) is 4.79 Å². The van der Waals surface area contributed by atoms with Gasteiger partial charge in [-0.2, -0.15) is 0 Å². The van der Waals surface area contributed by atoms with Crippen LogP contribution in [-0.4, -0.2) is 31.7 Å². The number of ether oxygens (including phenoxy) is 1. The number of carbonyl (C=O) groups is 1. The first-order valence-corrected chi connectivity index (χ1v) is 7.68. The van der Waals surface area contributed by atoms with Gasteiger partial charge in [-0.1, -0.05) is 18.5 Å². The van der Waals surface area contributed by atoms with Crippen molar-refractivity contribution in [3.05, 3.63) is 21.3 Å². The van der Waals surface area contributed by atoms with Crippen LogP contribution in [0, 0.1) is 5.92 Å². The third-order valence-electron chi connectivity index (χ3n) is 3.26. The molecule has 3 unspecified atom stereocenters. The first-order chi connectivity index (χ1) is 9.11. The van der Waals surface area contributed by atoms with E-state index in [-0.39, 0.29) is 23.9 Å². The predicted octanol–water partition coefficient (Wildman–Crippen LogP) is 2.20. The highest BCUT2D eigenvalue weighted by Gasteiger charge is 2.34. The van der Waals surface area contributed by atoms with Crippen LogP contribution in [0.2, 0.25) is 4.34 Å². The number of likely N-dealkylation sites (N-methyl/N-ethyl adjacent to an activating group) is 1. The first-order valence-electron chi connectivity index (χ1n) is 6.48. The Bertz CT molecular complexity index is 438. The SMILES string of the molecule is CCNC1COCC1C(=O)NC(C)c1ccc(Cl)s1. The van der Waals surface area contributed by atoms with Crippen LogP contribution in [-0.2, 0) is 9.53 Å². The minimum atomic E-state index is -0.113. The highest BCUT2D eigenvalue weighted by Crippen LogP contribution is 2.27. The van der Waals surface area contributed by atoms with Crippen molar-refractivity contribution in [1.29, 1.82) is 0 Å². The number of thiophene rings is 1. The summed E-state index contributed by atoms with van der Waals surface area (Å²) >= 11 is 7.40. The molecular formula is C13H19ClN2O2S. The molecule has 2 rings (SSSR count). The Labute approximate surface area is 122 Å². The lowest BCUT2D eigenvalue weighted by atomic mass is 10.0. The summed E-state index contributed by atoms with van der Waals surface area (Å²) in [6.45, 7) is 5.93.